The van der Waals surface area contributed by atoms with Crippen LogP contribution < -0.4 is 4.74 Å². The van der Waals surface area contributed by atoms with Gasteiger partial charge in [-0.25, -0.2) is 0 Å². The van der Waals surface area contributed by atoms with Crippen molar-refractivity contribution in [2.24, 2.45) is 0 Å². The Bertz CT molecular complexity index is 429. The molecule has 0 saturated carbocycles. The number of aliphatic hydroxyl groups excluding tert-OH is 1. The Hall–Kier alpha value is -1.45. The maximum atomic E-state index is 8.97. The van der Waals surface area contributed by atoms with Gasteiger partial charge in [-0.3, -0.25) is 0 Å². The highest BCUT2D eigenvalue weighted by Gasteiger charge is 1.98. The van der Waals surface area contributed by atoms with Gasteiger partial charge in [-0.05, 0) is 35.4 Å². The summed E-state index contributed by atoms with van der Waals surface area (Å²) in [4.78, 5) is 1.22. The van der Waals surface area contributed by atoms with Gasteiger partial charge in [0.2, 0.25) is 0 Å². The Labute approximate surface area is 112 Å². The summed E-state index contributed by atoms with van der Waals surface area (Å²) < 4.78 is 5.12. The Balaban J connectivity index is 1.93. The number of hydrogen-bond acceptors (Lipinski definition) is 3. The van der Waals surface area contributed by atoms with Crippen LogP contribution in [0.25, 0.3) is 0 Å². The topological polar surface area (TPSA) is 29.5 Å². The monoisotopic (exact) mass is 260 g/mol. The third-order valence-corrected chi connectivity index (χ3v) is 3.75. The number of methoxy groups -OCH3 is 1. The van der Waals surface area contributed by atoms with Gasteiger partial charge in [0, 0.05) is 10.6 Å². The van der Waals surface area contributed by atoms with Gasteiger partial charge < -0.3 is 9.84 Å². The third kappa shape index (κ3) is 3.52. The highest BCUT2D eigenvalue weighted by atomic mass is 32.2. The molecule has 0 spiro atoms. The minimum absolute atomic E-state index is 0.103. The Morgan fingerprint density at radius 3 is 2.11 bits per heavy atom. The second-order valence-corrected chi connectivity index (χ2v) is 4.99. The van der Waals surface area contributed by atoms with Crippen LogP contribution in [0.5, 0.6) is 5.75 Å². The molecule has 0 amide bonds. The van der Waals surface area contributed by atoms with Crippen LogP contribution in [0.15, 0.2) is 53.4 Å². The molecule has 0 atom stereocenters. The Kier molecular flexibility index (Phi) is 4.67. The molecule has 0 aliphatic heterocycles. The zero-order valence-corrected chi connectivity index (χ0v) is 11.1. The first kappa shape index (κ1) is 13.0. The van der Waals surface area contributed by atoms with Gasteiger partial charge in [-0.2, -0.15) is 0 Å². The molecule has 0 aliphatic rings. The third-order valence-electron chi connectivity index (χ3n) is 2.67. The van der Waals surface area contributed by atoms with E-state index < -0.39 is 0 Å². The molecule has 0 bridgehead atoms. The quantitative estimate of drug-likeness (QED) is 0.835. The standard InChI is InChI=1S/C15H16O2S/c1-17-14-6-8-15(9-7-14)18-11-13-4-2-12(10-16)3-5-13/h2-9,16H,10-11H2,1H3. The summed E-state index contributed by atoms with van der Waals surface area (Å²) in [6, 6.07) is 16.1. The molecule has 0 heterocycles. The molecule has 0 unspecified atom stereocenters. The van der Waals surface area contributed by atoms with Gasteiger partial charge >= 0.3 is 0 Å². The van der Waals surface area contributed by atoms with E-state index in [1.807, 2.05) is 24.3 Å². The van der Waals surface area contributed by atoms with Crippen molar-refractivity contribution in [3.8, 4) is 5.75 Å². The highest BCUT2D eigenvalue weighted by Crippen LogP contribution is 2.24. The molecule has 2 aromatic carbocycles. The molecule has 94 valence electrons. The van der Waals surface area contributed by atoms with Crippen LogP contribution in [0.1, 0.15) is 11.1 Å². The summed E-state index contributed by atoms with van der Waals surface area (Å²) in [6.45, 7) is 0.103. The smallest absolute Gasteiger partial charge is 0.118 e. The SMILES string of the molecule is COc1ccc(SCc2ccc(CO)cc2)cc1. The Morgan fingerprint density at radius 1 is 0.944 bits per heavy atom. The first-order chi connectivity index (χ1) is 8.81. The average Bonchev–Trinajstić information content (AvgIpc) is 2.46. The molecule has 0 radical (unpaired) electrons. The van der Waals surface area contributed by atoms with E-state index >= 15 is 0 Å². The second-order valence-electron chi connectivity index (χ2n) is 3.94. The molecule has 0 aliphatic carbocycles. The number of aliphatic hydroxyl groups is 1. The maximum Gasteiger partial charge on any atom is 0.118 e. The van der Waals surface area contributed by atoms with Gasteiger partial charge in [0.05, 0.1) is 13.7 Å². The number of hydrogen-bond donors (Lipinski definition) is 1. The number of thioether (sulfide) groups is 1. The van der Waals surface area contributed by atoms with Crippen molar-refractivity contribution in [2.45, 2.75) is 17.3 Å². The maximum absolute atomic E-state index is 8.97. The van der Waals surface area contributed by atoms with Crippen LogP contribution in [0.3, 0.4) is 0 Å². The molecule has 2 rings (SSSR count). The molecule has 18 heavy (non-hydrogen) atoms. The lowest BCUT2D eigenvalue weighted by atomic mass is 10.2. The van der Waals surface area contributed by atoms with Gasteiger partial charge in [-0.1, -0.05) is 24.3 Å². The first-order valence-corrected chi connectivity index (χ1v) is 6.76. The minimum atomic E-state index is 0.103. The van der Waals surface area contributed by atoms with E-state index in [0.717, 1.165) is 17.1 Å². The summed E-state index contributed by atoms with van der Waals surface area (Å²) in [5, 5.41) is 8.97. The molecule has 0 saturated heterocycles. The van der Waals surface area contributed by atoms with E-state index in [2.05, 4.69) is 24.3 Å². The fourth-order valence-corrected chi connectivity index (χ4v) is 2.43. The molecule has 2 nitrogen and oxygen atoms in total. The lowest BCUT2D eigenvalue weighted by Gasteiger charge is -2.04. The van der Waals surface area contributed by atoms with E-state index in [-0.39, 0.29) is 6.61 Å². The summed E-state index contributed by atoms with van der Waals surface area (Å²) in [6.07, 6.45) is 0. The molecule has 0 aromatic heterocycles. The van der Waals surface area contributed by atoms with Crippen molar-refractivity contribution < 1.29 is 9.84 Å². The number of benzene rings is 2. The fraction of sp³-hybridized carbons (Fsp3) is 0.200. The largest absolute Gasteiger partial charge is 0.497 e. The van der Waals surface area contributed by atoms with Crippen LogP contribution >= 0.6 is 11.8 Å². The Morgan fingerprint density at radius 2 is 1.56 bits per heavy atom. The lowest BCUT2D eigenvalue weighted by molar-refractivity contribution is 0.282. The molecule has 0 fully saturated rings. The molecule has 1 N–H and O–H groups in total. The first-order valence-electron chi connectivity index (χ1n) is 5.77. The zero-order valence-electron chi connectivity index (χ0n) is 10.3. The van der Waals surface area contributed by atoms with Crippen molar-refractivity contribution in [3.05, 3.63) is 59.7 Å². The van der Waals surface area contributed by atoms with Crippen molar-refractivity contribution in [1.82, 2.24) is 0 Å². The van der Waals surface area contributed by atoms with Crippen LogP contribution in [0, 0.1) is 0 Å². The van der Waals surface area contributed by atoms with Gasteiger partial charge in [-0.15, -0.1) is 11.8 Å². The van der Waals surface area contributed by atoms with E-state index in [4.69, 9.17) is 9.84 Å². The van der Waals surface area contributed by atoms with Crippen LogP contribution in [0.2, 0.25) is 0 Å². The van der Waals surface area contributed by atoms with Crippen molar-refractivity contribution in [3.63, 3.8) is 0 Å². The summed E-state index contributed by atoms with van der Waals surface area (Å²) >= 11 is 1.79. The minimum Gasteiger partial charge on any atom is -0.497 e. The van der Waals surface area contributed by atoms with Gasteiger partial charge in [0.25, 0.3) is 0 Å². The van der Waals surface area contributed by atoms with E-state index in [9.17, 15) is 0 Å². The fourth-order valence-electron chi connectivity index (χ4n) is 1.58. The molecular formula is C15H16O2S. The number of ether oxygens (including phenoxy) is 1. The summed E-state index contributed by atoms with van der Waals surface area (Å²) in [7, 11) is 1.67. The van der Waals surface area contributed by atoms with Crippen LogP contribution in [-0.2, 0) is 12.4 Å². The lowest BCUT2D eigenvalue weighted by Crippen LogP contribution is -1.85. The number of rotatable bonds is 5. The summed E-state index contributed by atoms with van der Waals surface area (Å²) in [5.74, 6) is 1.81. The predicted octanol–water partition coefficient (Wildman–Crippen LogP) is 3.48. The molecule has 3 heteroatoms. The normalized spacial score (nSPS) is 10.3. The van der Waals surface area contributed by atoms with Gasteiger partial charge in [0.15, 0.2) is 0 Å². The van der Waals surface area contributed by atoms with Crippen LogP contribution in [-0.4, -0.2) is 12.2 Å². The second kappa shape index (κ2) is 6.47. The van der Waals surface area contributed by atoms with Crippen molar-refractivity contribution in [1.29, 1.82) is 0 Å². The van der Waals surface area contributed by atoms with Crippen LogP contribution in [0.4, 0.5) is 0 Å². The molecule has 2 aromatic rings. The van der Waals surface area contributed by atoms with E-state index in [0.29, 0.717) is 0 Å². The van der Waals surface area contributed by atoms with Crippen molar-refractivity contribution in [2.75, 3.05) is 7.11 Å². The zero-order chi connectivity index (χ0) is 12.8. The van der Waals surface area contributed by atoms with E-state index in [1.165, 1.54) is 10.5 Å². The van der Waals surface area contributed by atoms with Crippen molar-refractivity contribution >= 4 is 11.8 Å². The van der Waals surface area contributed by atoms with E-state index in [1.54, 1.807) is 18.9 Å². The average molecular weight is 260 g/mol. The van der Waals surface area contributed by atoms with Gasteiger partial charge in [0.1, 0.15) is 5.75 Å². The molecular weight excluding hydrogens is 244 g/mol. The highest BCUT2D eigenvalue weighted by molar-refractivity contribution is 7.98. The predicted molar refractivity (Wildman–Crippen MR) is 74.9 cm³/mol. The summed E-state index contributed by atoms with van der Waals surface area (Å²) in [5.41, 5.74) is 2.21.